The quantitative estimate of drug-likeness (QED) is 0.621. The van der Waals surface area contributed by atoms with Crippen LogP contribution in [0.15, 0.2) is 31.1 Å². The summed E-state index contributed by atoms with van der Waals surface area (Å²) in [6.45, 7) is 0. The summed E-state index contributed by atoms with van der Waals surface area (Å²) in [4.78, 5) is 27.0. The SMILES string of the molecule is O=C=Nc1cc(N=C=O)c(Br)cc1Br. The number of hydrogen-bond acceptors (Lipinski definition) is 4. The van der Waals surface area contributed by atoms with Crippen LogP contribution in [0.2, 0.25) is 0 Å². The van der Waals surface area contributed by atoms with E-state index in [1.807, 2.05) is 0 Å². The van der Waals surface area contributed by atoms with Crippen molar-refractivity contribution in [1.82, 2.24) is 0 Å². The number of benzene rings is 1. The van der Waals surface area contributed by atoms with Crippen molar-refractivity contribution in [3.05, 3.63) is 21.1 Å². The summed E-state index contributed by atoms with van der Waals surface area (Å²) in [5.74, 6) is 0. The van der Waals surface area contributed by atoms with Gasteiger partial charge >= 0.3 is 0 Å². The first kappa shape index (κ1) is 11.0. The Hall–Kier alpha value is -1.06. The Morgan fingerprint density at radius 3 is 1.71 bits per heavy atom. The molecule has 6 heteroatoms. The lowest BCUT2D eigenvalue weighted by molar-refractivity contribution is 0.565. The van der Waals surface area contributed by atoms with Crippen molar-refractivity contribution in [2.24, 2.45) is 9.98 Å². The Labute approximate surface area is 96.0 Å². The Morgan fingerprint density at radius 1 is 0.929 bits per heavy atom. The minimum Gasteiger partial charge on any atom is -0.211 e. The molecule has 70 valence electrons. The molecule has 0 radical (unpaired) electrons. The molecule has 0 spiro atoms. The minimum atomic E-state index is 0.359. The zero-order valence-electron chi connectivity index (χ0n) is 6.62. The topological polar surface area (TPSA) is 58.9 Å². The third-order valence-electron chi connectivity index (χ3n) is 1.35. The van der Waals surface area contributed by atoms with Gasteiger partial charge in [-0.05, 0) is 44.0 Å². The van der Waals surface area contributed by atoms with Crippen molar-refractivity contribution in [3.8, 4) is 0 Å². The lowest BCUT2D eigenvalue weighted by Crippen LogP contribution is -1.73. The van der Waals surface area contributed by atoms with Gasteiger partial charge in [-0.25, -0.2) is 9.59 Å². The Balaban J connectivity index is 3.40. The Morgan fingerprint density at radius 2 is 1.36 bits per heavy atom. The molecule has 0 N–H and O–H groups in total. The Bertz CT molecular complexity index is 421. The van der Waals surface area contributed by atoms with Crippen LogP contribution in [-0.2, 0) is 9.59 Å². The van der Waals surface area contributed by atoms with Gasteiger partial charge in [0.25, 0.3) is 0 Å². The van der Waals surface area contributed by atoms with Crippen LogP contribution in [0, 0.1) is 0 Å². The van der Waals surface area contributed by atoms with Gasteiger partial charge in [-0.15, -0.1) is 0 Å². The fraction of sp³-hybridized carbons (Fsp3) is 0. The number of carbonyl (C=O) groups excluding carboxylic acids is 2. The highest BCUT2D eigenvalue weighted by Crippen LogP contribution is 2.35. The van der Waals surface area contributed by atoms with Crippen LogP contribution in [0.25, 0.3) is 0 Å². The van der Waals surface area contributed by atoms with E-state index in [9.17, 15) is 9.59 Å². The maximum atomic E-state index is 10.0. The van der Waals surface area contributed by atoms with E-state index in [2.05, 4.69) is 41.8 Å². The maximum absolute atomic E-state index is 10.0. The van der Waals surface area contributed by atoms with E-state index in [0.717, 1.165) is 0 Å². The van der Waals surface area contributed by atoms with Crippen LogP contribution in [-0.4, -0.2) is 12.2 Å². The molecule has 1 aromatic carbocycles. The molecule has 0 amide bonds. The van der Waals surface area contributed by atoms with E-state index in [1.165, 1.54) is 18.2 Å². The zero-order chi connectivity index (χ0) is 10.6. The maximum Gasteiger partial charge on any atom is 0.240 e. The Kier molecular flexibility index (Phi) is 3.92. The highest BCUT2D eigenvalue weighted by molar-refractivity contribution is 9.11. The van der Waals surface area contributed by atoms with E-state index in [-0.39, 0.29) is 0 Å². The van der Waals surface area contributed by atoms with Crippen molar-refractivity contribution in [2.75, 3.05) is 0 Å². The molecule has 14 heavy (non-hydrogen) atoms. The fourth-order valence-electron chi connectivity index (χ4n) is 0.796. The van der Waals surface area contributed by atoms with Gasteiger partial charge in [0, 0.05) is 8.95 Å². The molecule has 0 aliphatic rings. The van der Waals surface area contributed by atoms with Crippen LogP contribution < -0.4 is 0 Å². The second-order valence-corrected chi connectivity index (χ2v) is 3.87. The predicted molar refractivity (Wildman–Crippen MR) is 57.4 cm³/mol. The molecule has 0 bridgehead atoms. The van der Waals surface area contributed by atoms with Gasteiger partial charge in [-0.2, -0.15) is 9.98 Å². The molecule has 0 fully saturated rings. The van der Waals surface area contributed by atoms with Gasteiger partial charge in [0.05, 0.1) is 11.4 Å². The minimum absolute atomic E-state index is 0.359. The summed E-state index contributed by atoms with van der Waals surface area (Å²) >= 11 is 6.38. The van der Waals surface area contributed by atoms with Crippen molar-refractivity contribution in [2.45, 2.75) is 0 Å². The normalized spacial score (nSPS) is 8.71. The van der Waals surface area contributed by atoms with Gasteiger partial charge in [-0.3, -0.25) is 0 Å². The number of aliphatic imine (C=N–C) groups is 2. The third kappa shape index (κ3) is 2.47. The molecule has 1 aromatic rings. The molecular weight excluding hydrogens is 316 g/mol. The fourth-order valence-corrected chi connectivity index (χ4v) is 1.97. The molecule has 0 aliphatic carbocycles. The van der Waals surface area contributed by atoms with Gasteiger partial charge in [0.2, 0.25) is 12.2 Å². The van der Waals surface area contributed by atoms with Crippen LogP contribution >= 0.6 is 31.9 Å². The van der Waals surface area contributed by atoms with Gasteiger partial charge in [-0.1, -0.05) is 0 Å². The summed E-state index contributed by atoms with van der Waals surface area (Å²) in [6, 6.07) is 3.09. The van der Waals surface area contributed by atoms with Gasteiger partial charge < -0.3 is 0 Å². The molecular formula is C8H2Br2N2O2. The second-order valence-electron chi connectivity index (χ2n) is 2.16. The van der Waals surface area contributed by atoms with E-state index >= 15 is 0 Å². The molecule has 0 heterocycles. The lowest BCUT2D eigenvalue weighted by Gasteiger charge is -2.00. The average molecular weight is 318 g/mol. The van der Waals surface area contributed by atoms with Crippen molar-refractivity contribution in [3.63, 3.8) is 0 Å². The van der Waals surface area contributed by atoms with Crippen molar-refractivity contribution < 1.29 is 9.59 Å². The highest BCUT2D eigenvalue weighted by atomic mass is 79.9. The highest BCUT2D eigenvalue weighted by Gasteiger charge is 2.05. The first-order chi connectivity index (χ1) is 6.69. The monoisotopic (exact) mass is 316 g/mol. The number of rotatable bonds is 2. The van der Waals surface area contributed by atoms with Crippen LogP contribution in [0.4, 0.5) is 11.4 Å². The molecule has 0 aliphatic heterocycles. The smallest absolute Gasteiger partial charge is 0.211 e. The van der Waals surface area contributed by atoms with E-state index in [4.69, 9.17) is 0 Å². The molecule has 0 aromatic heterocycles. The molecule has 0 saturated carbocycles. The lowest BCUT2D eigenvalue weighted by atomic mass is 10.3. The van der Waals surface area contributed by atoms with Crippen molar-refractivity contribution >= 4 is 55.4 Å². The molecule has 1 rings (SSSR count). The first-order valence-electron chi connectivity index (χ1n) is 3.34. The van der Waals surface area contributed by atoms with Gasteiger partial charge in [0.15, 0.2) is 0 Å². The summed E-state index contributed by atoms with van der Waals surface area (Å²) in [7, 11) is 0. The summed E-state index contributed by atoms with van der Waals surface area (Å²) < 4.78 is 1.22. The third-order valence-corrected chi connectivity index (χ3v) is 2.62. The number of isocyanates is 2. The standard InChI is InChI=1S/C8H2Br2N2O2/c9-5-1-6(10)8(12-4-14)2-7(5)11-3-13/h1-2H. The molecule has 0 unspecified atom stereocenters. The molecule has 4 nitrogen and oxygen atoms in total. The predicted octanol–water partition coefficient (Wildman–Crippen LogP) is 3.15. The van der Waals surface area contributed by atoms with Crippen LogP contribution in [0.3, 0.4) is 0 Å². The van der Waals surface area contributed by atoms with Crippen LogP contribution in [0.5, 0.6) is 0 Å². The zero-order valence-corrected chi connectivity index (χ0v) is 9.79. The molecule has 0 atom stereocenters. The van der Waals surface area contributed by atoms with Gasteiger partial charge in [0.1, 0.15) is 0 Å². The van der Waals surface area contributed by atoms with Crippen molar-refractivity contribution in [1.29, 1.82) is 0 Å². The first-order valence-corrected chi connectivity index (χ1v) is 4.92. The number of halogens is 2. The number of nitrogens with zero attached hydrogens (tertiary/aromatic N) is 2. The largest absolute Gasteiger partial charge is 0.240 e. The van der Waals surface area contributed by atoms with Crippen LogP contribution in [0.1, 0.15) is 0 Å². The van der Waals surface area contributed by atoms with E-state index in [0.29, 0.717) is 20.3 Å². The average Bonchev–Trinajstić information content (AvgIpc) is 2.14. The summed E-state index contributed by atoms with van der Waals surface area (Å²) in [5.41, 5.74) is 0.717. The number of hydrogen-bond donors (Lipinski definition) is 0. The summed E-state index contributed by atoms with van der Waals surface area (Å²) in [6.07, 6.45) is 2.81. The molecule has 0 saturated heterocycles. The summed E-state index contributed by atoms with van der Waals surface area (Å²) in [5, 5.41) is 0. The van der Waals surface area contributed by atoms with E-state index < -0.39 is 0 Å². The second kappa shape index (κ2) is 4.98. The van der Waals surface area contributed by atoms with E-state index in [1.54, 1.807) is 6.07 Å².